The predicted octanol–water partition coefficient (Wildman–Crippen LogP) is 1.72. The van der Waals surface area contributed by atoms with Gasteiger partial charge in [0.05, 0.1) is 0 Å². The Morgan fingerprint density at radius 2 is 2.16 bits per heavy atom. The van der Waals surface area contributed by atoms with Crippen molar-refractivity contribution in [1.29, 1.82) is 0 Å². The quantitative estimate of drug-likeness (QED) is 0.895. The third-order valence-electron chi connectivity index (χ3n) is 4.10. The molecule has 0 aromatic carbocycles. The number of nitrogens with zero attached hydrogens (tertiary/aromatic N) is 3. The van der Waals surface area contributed by atoms with E-state index in [1.54, 1.807) is 0 Å². The first kappa shape index (κ1) is 14.3. The Hall–Kier alpha value is -1.13. The van der Waals surface area contributed by atoms with Gasteiger partial charge in [-0.2, -0.15) is 0 Å². The number of hydrogen-bond acceptors (Lipinski definition) is 4. The Balaban J connectivity index is 2.17. The third-order valence-corrected chi connectivity index (χ3v) is 4.10. The molecule has 0 unspecified atom stereocenters. The summed E-state index contributed by atoms with van der Waals surface area (Å²) >= 11 is 0. The molecule has 1 N–H and O–H groups in total. The molecule has 106 valence electrons. The highest BCUT2D eigenvalue weighted by Gasteiger charge is 2.31. The summed E-state index contributed by atoms with van der Waals surface area (Å²) in [5.74, 6) is 0. The van der Waals surface area contributed by atoms with Crippen molar-refractivity contribution in [2.24, 2.45) is 0 Å². The molecule has 1 aliphatic rings. The molecule has 0 saturated carbocycles. The van der Waals surface area contributed by atoms with E-state index >= 15 is 0 Å². The zero-order chi connectivity index (χ0) is 13.9. The molecule has 2 heterocycles. The van der Waals surface area contributed by atoms with Crippen molar-refractivity contribution in [3.63, 3.8) is 0 Å². The Morgan fingerprint density at radius 3 is 2.84 bits per heavy atom. The smallest absolute Gasteiger partial charge is 0.0443 e. The van der Waals surface area contributed by atoms with Gasteiger partial charge in [0.2, 0.25) is 0 Å². The molecule has 1 saturated heterocycles. The van der Waals surface area contributed by atoms with Crippen LogP contribution >= 0.6 is 0 Å². The van der Waals surface area contributed by atoms with Gasteiger partial charge in [-0.1, -0.05) is 6.92 Å². The van der Waals surface area contributed by atoms with Crippen LogP contribution in [-0.4, -0.2) is 48.6 Å². The number of aromatic nitrogens is 1. The summed E-state index contributed by atoms with van der Waals surface area (Å²) in [5.41, 5.74) is 2.85. The Kier molecular flexibility index (Phi) is 4.42. The van der Waals surface area contributed by atoms with Crippen molar-refractivity contribution in [3.05, 3.63) is 24.0 Å². The topological polar surface area (TPSA) is 31.4 Å². The summed E-state index contributed by atoms with van der Waals surface area (Å²) in [7, 11) is 2.21. The molecular weight excluding hydrogens is 236 g/mol. The van der Waals surface area contributed by atoms with Gasteiger partial charge in [0.15, 0.2) is 0 Å². The summed E-state index contributed by atoms with van der Waals surface area (Å²) in [4.78, 5) is 9.20. The van der Waals surface area contributed by atoms with Gasteiger partial charge >= 0.3 is 0 Å². The van der Waals surface area contributed by atoms with E-state index in [4.69, 9.17) is 0 Å². The lowest BCUT2D eigenvalue weighted by Crippen LogP contribution is -2.57. The van der Waals surface area contributed by atoms with Crippen LogP contribution < -0.4 is 10.2 Å². The van der Waals surface area contributed by atoms with Crippen LogP contribution in [-0.2, 0) is 6.54 Å². The van der Waals surface area contributed by atoms with Crippen LogP contribution in [0.1, 0.15) is 26.3 Å². The molecule has 0 bridgehead atoms. The van der Waals surface area contributed by atoms with Gasteiger partial charge in [0.25, 0.3) is 0 Å². The fraction of sp³-hybridized carbons (Fsp3) is 0.667. The summed E-state index contributed by atoms with van der Waals surface area (Å²) in [6.07, 6.45) is 3.89. The Morgan fingerprint density at radius 1 is 1.37 bits per heavy atom. The van der Waals surface area contributed by atoms with E-state index in [-0.39, 0.29) is 5.54 Å². The standard InChI is InChI=1S/C15H26N4/c1-5-16-10-13-11-17-7-6-14(13)19-9-8-18(4)15(2,3)12-19/h6-7,11,16H,5,8-10,12H2,1-4H3. The second-order valence-electron chi connectivity index (χ2n) is 5.94. The average molecular weight is 262 g/mol. The van der Waals surface area contributed by atoms with E-state index in [0.29, 0.717) is 0 Å². The molecule has 1 aromatic rings. The van der Waals surface area contributed by atoms with E-state index in [1.165, 1.54) is 11.3 Å². The fourth-order valence-corrected chi connectivity index (χ4v) is 2.57. The SMILES string of the molecule is CCNCc1cnccc1N1CCN(C)C(C)(C)C1. The van der Waals surface area contributed by atoms with E-state index in [1.807, 2.05) is 12.4 Å². The predicted molar refractivity (Wildman–Crippen MR) is 80.5 cm³/mol. The van der Waals surface area contributed by atoms with Crippen LogP contribution in [0.5, 0.6) is 0 Å². The maximum atomic E-state index is 4.27. The molecule has 0 aliphatic carbocycles. The van der Waals surface area contributed by atoms with Crippen molar-refractivity contribution in [2.75, 3.05) is 38.1 Å². The maximum Gasteiger partial charge on any atom is 0.0443 e. The molecule has 0 atom stereocenters. The minimum absolute atomic E-state index is 0.219. The zero-order valence-corrected chi connectivity index (χ0v) is 12.6. The van der Waals surface area contributed by atoms with Crippen LogP contribution in [0.2, 0.25) is 0 Å². The molecule has 1 aliphatic heterocycles. The van der Waals surface area contributed by atoms with Crippen molar-refractivity contribution in [3.8, 4) is 0 Å². The highest BCUT2D eigenvalue weighted by atomic mass is 15.3. The van der Waals surface area contributed by atoms with Gasteiger partial charge in [0, 0.05) is 55.4 Å². The van der Waals surface area contributed by atoms with Gasteiger partial charge in [-0.15, -0.1) is 0 Å². The van der Waals surface area contributed by atoms with Crippen LogP contribution in [0.3, 0.4) is 0 Å². The molecule has 0 spiro atoms. The van der Waals surface area contributed by atoms with Crippen molar-refractivity contribution in [1.82, 2.24) is 15.2 Å². The minimum atomic E-state index is 0.219. The number of anilines is 1. The summed E-state index contributed by atoms with van der Waals surface area (Å²) in [6.45, 7) is 11.9. The maximum absolute atomic E-state index is 4.27. The summed E-state index contributed by atoms with van der Waals surface area (Å²) in [6, 6.07) is 2.15. The van der Waals surface area contributed by atoms with Gasteiger partial charge in [-0.25, -0.2) is 0 Å². The normalized spacial score (nSPS) is 19.7. The molecule has 19 heavy (non-hydrogen) atoms. The molecule has 2 rings (SSSR count). The lowest BCUT2D eigenvalue weighted by molar-refractivity contribution is 0.139. The number of piperazine rings is 1. The number of nitrogens with one attached hydrogen (secondary N) is 1. The van der Waals surface area contributed by atoms with Gasteiger partial charge in [-0.05, 0) is 33.5 Å². The van der Waals surface area contributed by atoms with Gasteiger partial charge < -0.3 is 10.2 Å². The monoisotopic (exact) mass is 262 g/mol. The average Bonchev–Trinajstić information content (AvgIpc) is 2.40. The van der Waals surface area contributed by atoms with E-state index in [0.717, 1.165) is 32.7 Å². The molecule has 4 nitrogen and oxygen atoms in total. The van der Waals surface area contributed by atoms with Crippen LogP contribution in [0.4, 0.5) is 5.69 Å². The van der Waals surface area contributed by atoms with Crippen LogP contribution in [0, 0.1) is 0 Å². The first-order chi connectivity index (χ1) is 9.04. The minimum Gasteiger partial charge on any atom is -0.368 e. The van der Waals surface area contributed by atoms with Gasteiger partial charge in [-0.3, -0.25) is 9.88 Å². The van der Waals surface area contributed by atoms with Crippen molar-refractivity contribution >= 4 is 5.69 Å². The van der Waals surface area contributed by atoms with E-state index in [9.17, 15) is 0 Å². The second-order valence-corrected chi connectivity index (χ2v) is 5.94. The van der Waals surface area contributed by atoms with Crippen molar-refractivity contribution < 1.29 is 0 Å². The first-order valence-corrected chi connectivity index (χ1v) is 7.14. The Bertz CT molecular complexity index is 416. The Labute approximate surface area is 116 Å². The second kappa shape index (κ2) is 5.88. The van der Waals surface area contributed by atoms with Crippen molar-refractivity contribution in [2.45, 2.75) is 32.9 Å². The highest BCUT2D eigenvalue weighted by Crippen LogP contribution is 2.26. The number of hydrogen-bond donors (Lipinski definition) is 1. The van der Waals surface area contributed by atoms with Gasteiger partial charge in [0.1, 0.15) is 0 Å². The molecule has 0 amide bonds. The molecule has 1 aromatic heterocycles. The number of likely N-dealkylation sites (N-methyl/N-ethyl adjacent to an activating group) is 1. The first-order valence-electron chi connectivity index (χ1n) is 7.14. The van der Waals surface area contributed by atoms with E-state index in [2.05, 4.69) is 54.0 Å². The summed E-state index contributed by atoms with van der Waals surface area (Å²) < 4.78 is 0. The lowest BCUT2D eigenvalue weighted by atomic mass is 9.99. The molecule has 1 fully saturated rings. The number of pyridine rings is 1. The fourth-order valence-electron chi connectivity index (χ4n) is 2.57. The lowest BCUT2D eigenvalue weighted by Gasteiger charge is -2.46. The van der Waals surface area contributed by atoms with E-state index < -0.39 is 0 Å². The van der Waals surface area contributed by atoms with Crippen LogP contribution in [0.25, 0.3) is 0 Å². The number of rotatable bonds is 4. The molecular formula is C15H26N4. The largest absolute Gasteiger partial charge is 0.368 e. The zero-order valence-electron chi connectivity index (χ0n) is 12.6. The summed E-state index contributed by atoms with van der Waals surface area (Å²) in [5, 5.41) is 3.40. The van der Waals surface area contributed by atoms with Crippen LogP contribution in [0.15, 0.2) is 18.5 Å². The molecule has 0 radical (unpaired) electrons. The molecule has 4 heteroatoms. The third kappa shape index (κ3) is 3.25. The highest BCUT2D eigenvalue weighted by molar-refractivity contribution is 5.53.